The maximum atomic E-state index is 13.1. The summed E-state index contributed by atoms with van der Waals surface area (Å²) in [5.41, 5.74) is 1.34. The Balaban J connectivity index is 1.19. The maximum absolute atomic E-state index is 13.1. The zero-order chi connectivity index (χ0) is 33.1. The summed E-state index contributed by atoms with van der Waals surface area (Å²) < 4.78 is 40.1. The molecule has 0 unspecified atom stereocenters. The van der Waals surface area contributed by atoms with Gasteiger partial charge in [0.25, 0.3) is 5.91 Å². The number of hydrogen-bond acceptors (Lipinski definition) is 12. The first-order valence-corrected chi connectivity index (χ1v) is 14.0. The van der Waals surface area contributed by atoms with Crippen LogP contribution < -0.4 is 19.5 Å². The molecule has 4 atom stereocenters. The number of anilines is 1. The third kappa shape index (κ3) is 6.79. The lowest BCUT2D eigenvalue weighted by Crippen LogP contribution is -2.35. The third-order valence-electron chi connectivity index (χ3n) is 7.32. The Morgan fingerprint density at radius 3 is 2.37 bits per heavy atom. The van der Waals surface area contributed by atoms with E-state index >= 15 is 0 Å². The summed E-state index contributed by atoms with van der Waals surface area (Å²) in [5, 5.41) is 64.7. The number of aliphatic hydroxyl groups is 2. The molecular formula is C32H32FNO12. The van der Waals surface area contributed by atoms with Gasteiger partial charge in [0.2, 0.25) is 30.3 Å². The topological polar surface area (TPSA) is 197 Å². The summed E-state index contributed by atoms with van der Waals surface area (Å²) in [4.78, 5) is 12.8. The van der Waals surface area contributed by atoms with Gasteiger partial charge in [-0.2, -0.15) is 0 Å². The number of phenols is 4. The Hall–Kier alpha value is -5.02. The standard InChI is InChI=1S/C32H32FNO12/c1-15(9-10-42-13-17-3-6-19(33)7-4-17)28-26(39)27(40)32(46-28)45-21-8-5-18(12-20(21)35)11-16(2)31(41)34-22-23(36)25(38)30-29(24(22)37)43-14-44-30/h3-9,11-12,26-28,32,35-40H,10,13-14H2,1-2H3,(H,34,41)/b15-9+,16-11+/t26-,27-,28+,32+/m0/s1. The largest absolute Gasteiger partial charge is 0.504 e. The minimum atomic E-state index is -1.44. The van der Waals surface area contributed by atoms with Crippen LogP contribution in [0, 0.1) is 5.82 Å². The quantitative estimate of drug-likeness (QED) is 0.0561. The van der Waals surface area contributed by atoms with Crippen LogP contribution >= 0.6 is 0 Å². The van der Waals surface area contributed by atoms with Gasteiger partial charge in [-0.3, -0.25) is 4.79 Å². The van der Waals surface area contributed by atoms with E-state index in [0.717, 1.165) is 5.56 Å². The van der Waals surface area contributed by atoms with Crippen LogP contribution in [0.1, 0.15) is 25.0 Å². The lowest BCUT2D eigenvalue weighted by Gasteiger charge is -2.18. The van der Waals surface area contributed by atoms with Crippen molar-refractivity contribution in [3.8, 4) is 40.2 Å². The van der Waals surface area contributed by atoms with Crippen molar-refractivity contribution < 1.29 is 63.5 Å². The van der Waals surface area contributed by atoms with E-state index in [1.807, 2.05) is 0 Å². The minimum Gasteiger partial charge on any atom is -0.504 e. The van der Waals surface area contributed by atoms with Crippen LogP contribution in [0.2, 0.25) is 0 Å². The molecule has 0 bridgehead atoms. The number of halogens is 1. The fourth-order valence-corrected chi connectivity index (χ4v) is 4.76. The molecule has 5 rings (SSSR count). The first kappa shape index (κ1) is 32.4. The first-order valence-electron chi connectivity index (χ1n) is 14.0. The van der Waals surface area contributed by atoms with Crippen molar-refractivity contribution in [2.45, 2.75) is 45.1 Å². The Morgan fingerprint density at radius 1 is 0.978 bits per heavy atom. The van der Waals surface area contributed by atoms with Crippen LogP contribution in [-0.2, 0) is 20.9 Å². The highest BCUT2D eigenvalue weighted by Crippen LogP contribution is 2.56. The Bertz CT molecular complexity index is 1670. The second-order valence-corrected chi connectivity index (χ2v) is 10.6. The number of fused-ring (bicyclic) bond motifs is 1. The molecule has 0 aliphatic carbocycles. The van der Waals surface area contributed by atoms with Crippen LogP contribution in [0.4, 0.5) is 10.1 Å². The molecule has 1 amide bonds. The lowest BCUT2D eigenvalue weighted by molar-refractivity contribution is -0.112. The van der Waals surface area contributed by atoms with E-state index in [0.29, 0.717) is 11.1 Å². The molecule has 0 aromatic heterocycles. The summed E-state index contributed by atoms with van der Waals surface area (Å²) in [5.74, 6) is -4.16. The van der Waals surface area contributed by atoms with Gasteiger partial charge in [0.1, 0.15) is 29.8 Å². The summed E-state index contributed by atoms with van der Waals surface area (Å²) in [6, 6.07) is 10.1. The average Bonchev–Trinajstić information content (AvgIpc) is 3.64. The molecule has 0 saturated carbocycles. The first-order chi connectivity index (χ1) is 21.9. The zero-order valence-corrected chi connectivity index (χ0v) is 24.6. The van der Waals surface area contributed by atoms with E-state index < -0.39 is 53.4 Å². The number of hydrogen-bond donors (Lipinski definition) is 7. The second kappa shape index (κ2) is 13.5. The number of rotatable bonds is 10. The van der Waals surface area contributed by atoms with Gasteiger partial charge in [0.15, 0.2) is 23.0 Å². The molecule has 2 aliphatic heterocycles. The lowest BCUT2D eigenvalue weighted by atomic mass is 10.0. The van der Waals surface area contributed by atoms with Crippen molar-refractivity contribution in [2.75, 3.05) is 18.7 Å². The van der Waals surface area contributed by atoms with Gasteiger partial charge in [-0.05, 0) is 60.9 Å². The van der Waals surface area contributed by atoms with Crippen molar-refractivity contribution in [1.82, 2.24) is 0 Å². The normalized spacial score (nSPS) is 21.0. The monoisotopic (exact) mass is 641 g/mol. The number of ether oxygens (including phenoxy) is 5. The average molecular weight is 642 g/mol. The van der Waals surface area contributed by atoms with E-state index in [9.17, 15) is 39.8 Å². The SMILES string of the molecule is C/C(=C\c1ccc(O[C@@H]2O[C@H](/C(C)=C/COCc3ccc(F)cc3)[C@@H](O)[C@@H]2O)c(O)c1)C(=O)Nc1c(O)c(O)c2c(c1O)OCO2. The van der Waals surface area contributed by atoms with E-state index in [1.165, 1.54) is 43.3 Å². The van der Waals surface area contributed by atoms with Crippen molar-refractivity contribution in [2.24, 2.45) is 0 Å². The third-order valence-corrected chi connectivity index (χ3v) is 7.32. The van der Waals surface area contributed by atoms with Crippen molar-refractivity contribution in [3.05, 3.63) is 76.6 Å². The molecule has 0 radical (unpaired) electrons. The van der Waals surface area contributed by atoms with Gasteiger partial charge in [0.05, 0.1) is 13.2 Å². The minimum absolute atomic E-state index is 0.0638. The second-order valence-electron chi connectivity index (χ2n) is 10.6. The van der Waals surface area contributed by atoms with Crippen LogP contribution in [0.3, 0.4) is 0 Å². The predicted molar refractivity (Wildman–Crippen MR) is 159 cm³/mol. The molecule has 1 fully saturated rings. The molecule has 1 saturated heterocycles. The molecule has 3 aromatic rings. The van der Waals surface area contributed by atoms with Gasteiger partial charge in [0, 0.05) is 5.57 Å². The van der Waals surface area contributed by atoms with Gasteiger partial charge >= 0.3 is 0 Å². The Morgan fingerprint density at radius 2 is 1.67 bits per heavy atom. The molecule has 7 N–H and O–H groups in total. The smallest absolute Gasteiger partial charge is 0.251 e. The zero-order valence-electron chi connectivity index (χ0n) is 24.6. The van der Waals surface area contributed by atoms with Gasteiger partial charge in [-0.15, -0.1) is 0 Å². The fraction of sp³-hybridized carbons (Fsp3) is 0.281. The molecule has 0 spiro atoms. The number of aromatic hydroxyl groups is 4. The van der Waals surface area contributed by atoms with Crippen molar-refractivity contribution in [3.63, 3.8) is 0 Å². The van der Waals surface area contributed by atoms with Crippen molar-refractivity contribution in [1.29, 1.82) is 0 Å². The predicted octanol–water partition coefficient (Wildman–Crippen LogP) is 3.41. The van der Waals surface area contributed by atoms with E-state index in [4.69, 9.17) is 23.7 Å². The molecular weight excluding hydrogens is 609 g/mol. The maximum Gasteiger partial charge on any atom is 0.251 e. The van der Waals surface area contributed by atoms with Crippen LogP contribution in [0.5, 0.6) is 40.2 Å². The van der Waals surface area contributed by atoms with E-state index in [2.05, 4.69) is 5.32 Å². The molecule has 2 aliphatic rings. The highest BCUT2D eigenvalue weighted by Gasteiger charge is 2.45. The number of carbonyl (C=O) groups is 1. The highest BCUT2D eigenvalue weighted by molar-refractivity contribution is 6.08. The van der Waals surface area contributed by atoms with E-state index in [-0.39, 0.29) is 54.4 Å². The number of phenolic OH excluding ortho intramolecular Hbond substituents is 4. The molecule has 13 nitrogen and oxygen atoms in total. The molecule has 3 aromatic carbocycles. The highest BCUT2D eigenvalue weighted by atomic mass is 19.1. The van der Waals surface area contributed by atoms with Crippen LogP contribution in [0.25, 0.3) is 6.08 Å². The molecule has 46 heavy (non-hydrogen) atoms. The number of aliphatic hydroxyl groups excluding tert-OH is 2. The molecule has 14 heteroatoms. The number of amides is 1. The van der Waals surface area contributed by atoms with Crippen LogP contribution in [-0.4, -0.2) is 74.5 Å². The summed E-state index contributed by atoms with van der Waals surface area (Å²) in [6.07, 6.45) is -1.92. The number of carbonyl (C=O) groups excluding carboxylic acids is 1. The van der Waals surface area contributed by atoms with Crippen LogP contribution in [0.15, 0.2) is 59.7 Å². The molecule has 244 valence electrons. The Labute approximate surface area is 261 Å². The summed E-state index contributed by atoms with van der Waals surface area (Å²) in [6.45, 7) is 3.26. The molecule has 2 heterocycles. The van der Waals surface area contributed by atoms with Gasteiger partial charge < -0.3 is 59.6 Å². The Kier molecular flexibility index (Phi) is 9.53. The van der Waals surface area contributed by atoms with Gasteiger partial charge in [-0.1, -0.05) is 24.3 Å². The number of benzene rings is 3. The van der Waals surface area contributed by atoms with Gasteiger partial charge in [-0.25, -0.2) is 4.39 Å². The summed E-state index contributed by atoms with van der Waals surface area (Å²) >= 11 is 0. The fourth-order valence-electron chi connectivity index (χ4n) is 4.76. The van der Waals surface area contributed by atoms with E-state index in [1.54, 1.807) is 25.1 Å². The summed E-state index contributed by atoms with van der Waals surface area (Å²) in [7, 11) is 0. The number of nitrogens with one attached hydrogen (secondary N) is 1. The van der Waals surface area contributed by atoms with Crippen molar-refractivity contribution >= 4 is 17.7 Å².